The number of carbonyl (C=O) groups is 2. The molecule has 0 bridgehead atoms. The molecule has 2 aliphatic rings. The maximum absolute atomic E-state index is 13.3. The summed E-state index contributed by atoms with van der Waals surface area (Å²) in [6.07, 6.45) is 3.23. The zero-order chi connectivity index (χ0) is 25.9. The van der Waals surface area contributed by atoms with Gasteiger partial charge in [-0.15, -0.1) is 0 Å². The van der Waals surface area contributed by atoms with E-state index in [1.807, 2.05) is 61.2 Å². The summed E-state index contributed by atoms with van der Waals surface area (Å²) in [7, 11) is 1.60. The van der Waals surface area contributed by atoms with Gasteiger partial charge in [0.2, 0.25) is 0 Å². The monoisotopic (exact) mass is 555 g/mol. The third-order valence-corrected chi connectivity index (χ3v) is 8.72. The van der Waals surface area contributed by atoms with Gasteiger partial charge in [0.25, 0.3) is 5.91 Å². The molecule has 0 spiro atoms. The van der Waals surface area contributed by atoms with E-state index < -0.39 is 6.09 Å². The van der Waals surface area contributed by atoms with Crippen molar-refractivity contribution < 1.29 is 14.3 Å². The molecule has 0 saturated carbocycles. The average molecular weight is 557 g/mol. The molecule has 36 heavy (non-hydrogen) atoms. The number of hydrogen-bond acceptors (Lipinski definition) is 4. The number of aryl methyl sites for hydroxylation is 2. The number of nitrogens with zero attached hydrogens (tertiary/aromatic N) is 2. The fourth-order valence-electron chi connectivity index (χ4n) is 5.82. The van der Waals surface area contributed by atoms with Gasteiger partial charge in [-0.05, 0) is 88.4 Å². The number of amides is 2. The third-order valence-electron chi connectivity index (χ3n) is 8.19. The largest absolute Gasteiger partial charge is 0.441 e. The van der Waals surface area contributed by atoms with E-state index in [2.05, 4.69) is 33.1 Å². The topological polar surface area (TPSA) is 61.9 Å². The highest BCUT2D eigenvalue weighted by Gasteiger charge is 2.40. The van der Waals surface area contributed by atoms with E-state index in [0.29, 0.717) is 0 Å². The van der Waals surface area contributed by atoms with Crippen LogP contribution < -0.4 is 5.32 Å². The molecule has 2 aliphatic heterocycles. The first kappa shape index (κ1) is 26.7. The van der Waals surface area contributed by atoms with Crippen LogP contribution in [0, 0.1) is 19.8 Å². The normalized spacial score (nSPS) is 19.5. The van der Waals surface area contributed by atoms with Crippen molar-refractivity contribution in [2.45, 2.75) is 58.1 Å². The molecule has 2 fully saturated rings. The smallest absolute Gasteiger partial charge is 0.407 e. The third kappa shape index (κ3) is 5.78. The predicted octanol–water partition coefficient (Wildman–Crippen LogP) is 5.87. The SMILES string of the molecule is CNC(=O)OC(c1ccc(Br)cc1)C1CCN(C2(C)CCN(C(=O)c3c(C)cccc3C)CC2)CC1. The molecule has 2 amide bonds. The fraction of sp³-hybridized carbons (Fsp3) is 0.517. The number of rotatable bonds is 5. The van der Waals surface area contributed by atoms with Gasteiger partial charge in [0.1, 0.15) is 6.10 Å². The Morgan fingerprint density at radius 3 is 2.14 bits per heavy atom. The van der Waals surface area contributed by atoms with E-state index in [1.165, 1.54) is 0 Å². The average Bonchev–Trinajstić information content (AvgIpc) is 2.88. The van der Waals surface area contributed by atoms with E-state index in [0.717, 1.165) is 78.6 Å². The molecule has 6 nitrogen and oxygen atoms in total. The number of ether oxygens (including phenoxy) is 1. The number of benzene rings is 2. The zero-order valence-corrected chi connectivity index (χ0v) is 23.4. The molecule has 2 saturated heterocycles. The van der Waals surface area contributed by atoms with Crippen LogP contribution in [0.5, 0.6) is 0 Å². The Kier molecular flexibility index (Phi) is 8.41. The Balaban J connectivity index is 1.38. The summed E-state index contributed by atoms with van der Waals surface area (Å²) in [5, 5.41) is 2.60. The molecule has 4 rings (SSSR count). The van der Waals surface area contributed by atoms with Crippen LogP contribution >= 0.6 is 15.9 Å². The molecule has 0 aliphatic carbocycles. The second kappa shape index (κ2) is 11.3. The first-order valence-corrected chi connectivity index (χ1v) is 13.8. The van der Waals surface area contributed by atoms with E-state index in [-0.39, 0.29) is 23.5 Å². The van der Waals surface area contributed by atoms with Crippen molar-refractivity contribution >= 4 is 27.9 Å². The number of hydrogen-bond donors (Lipinski definition) is 1. The molecule has 7 heteroatoms. The predicted molar refractivity (Wildman–Crippen MR) is 146 cm³/mol. The van der Waals surface area contributed by atoms with Gasteiger partial charge in [0.05, 0.1) is 0 Å². The molecule has 194 valence electrons. The lowest BCUT2D eigenvalue weighted by molar-refractivity contribution is -0.0150. The van der Waals surface area contributed by atoms with Crippen molar-refractivity contribution in [1.82, 2.24) is 15.1 Å². The lowest BCUT2D eigenvalue weighted by Gasteiger charge is -2.49. The quantitative estimate of drug-likeness (QED) is 0.501. The Bertz CT molecular complexity index is 1050. The summed E-state index contributed by atoms with van der Waals surface area (Å²) in [6.45, 7) is 9.89. The number of halogens is 1. The highest BCUT2D eigenvalue weighted by atomic mass is 79.9. The van der Waals surface area contributed by atoms with Crippen LogP contribution in [-0.4, -0.2) is 60.6 Å². The lowest BCUT2D eigenvalue weighted by atomic mass is 9.82. The van der Waals surface area contributed by atoms with E-state index in [1.54, 1.807) is 7.05 Å². The van der Waals surface area contributed by atoms with Crippen LogP contribution in [0.3, 0.4) is 0 Å². The van der Waals surface area contributed by atoms with E-state index in [4.69, 9.17) is 4.74 Å². The van der Waals surface area contributed by atoms with Crippen molar-refractivity contribution in [3.63, 3.8) is 0 Å². The number of nitrogens with one attached hydrogen (secondary N) is 1. The highest BCUT2D eigenvalue weighted by Crippen LogP contribution is 2.38. The molecular formula is C29H38BrN3O3. The minimum absolute atomic E-state index is 0.0806. The minimum Gasteiger partial charge on any atom is -0.441 e. The van der Waals surface area contributed by atoms with Gasteiger partial charge >= 0.3 is 6.09 Å². The molecule has 0 radical (unpaired) electrons. The van der Waals surface area contributed by atoms with Crippen molar-refractivity contribution in [3.05, 3.63) is 69.2 Å². The standard InChI is InChI=1S/C29H38BrN3O3/c1-20-6-5-7-21(2)25(20)27(34)32-18-14-29(3,15-19-32)33-16-12-23(13-17-33)26(36-28(35)31-4)22-8-10-24(30)11-9-22/h5-11,23,26H,12-19H2,1-4H3,(H,31,35). The first-order valence-electron chi connectivity index (χ1n) is 13.0. The van der Waals surface area contributed by atoms with Crippen molar-refractivity contribution in [3.8, 4) is 0 Å². The summed E-state index contributed by atoms with van der Waals surface area (Å²) >= 11 is 3.49. The molecule has 1 unspecified atom stereocenters. The van der Waals surface area contributed by atoms with Crippen molar-refractivity contribution in [1.29, 1.82) is 0 Å². The van der Waals surface area contributed by atoms with Crippen LogP contribution in [0.1, 0.15) is 65.8 Å². The van der Waals surface area contributed by atoms with Gasteiger partial charge in [0, 0.05) is 41.6 Å². The van der Waals surface area contributed by atoms with Crippen LogP contribution in [0.25, 0.3) is 0 Å². The summed E-state index contributed by atoms with van der Waals surface area (Å²) in [5.41, 5.74) is 4.07. The van der Waals surface area contributed by atoms with Crippen LogP contribution in [0.2, 0.25) is 0 Å². The molecule has 2 aromatic carbocycles. The van der Waals surface area contributed by atoms with Gasteiger partial charge in [-0.3, -0.25) is 9.69 Å². The van der Waals surface area contributed by atoms with Gasteiger partial charge in [-0.2, -0.15) is 0 Å². The first-order chi connectivity index (χ1) is 17.2. The van der Waals surface area contributed by atoms with Crippen molar-refractivity contribution in [2.24, 2.45) is 5.92 Å². The molecule has 1 atom stereocenters. The zero-order valence-electron chi connectivity index (χ0n) is 21.9. The van der Waals surface area contributed by atoms with Gasteiger partial charge in [-0.25, -0.2) is 4.79 Å². The summed E-state index contributed by atoms with van der Waals surface area (Å²) in [6, 6.07) is 14.1. The van der Waals surface area contributed by atoms with E-state index in [9.17, 15) is 9.59 Å². The summed E-state index contributed by atoms with van der Waals surface area (Å²) in [4.78, 5) is 30.0. The van der Waals surface area contributed by atoms with Crippen LogP contribution in [0.4, 0.5) is 4.79 Å². The van der Waals surface area contributed by atoms with E-state index >= 15 is 0 Å². The Morgan fingerprint density at radius 1 is 1.00 bits per heavy atom. The molecule has 1 N–H and O–H groups in total. The molecular weight excluding hydrogens is 518 g/mol. The molecule has 2 heterocycles. The maximum atomic E-state index is 13.3. The molecule has 0 aromatic heterocycles. The second-order valence-corrected chi connectivity index (χ2v) is 11.4. The molecule has 2 aromatic rings. The Hall–Kier alpha value is -2.38. The Morgan fingerprint density at radius 2 is 1.58 bits per heavy atom. The fourth-order valence-corrected chi connectivity index (χ4v) is 6.09. The van der Waals surface area contributed by atoms with Gasteiger partial charge in [-0.1, -0.05) is 46.3 Å². The van der Waals surface area contributed by atoms with Crippen LogP contribution in [-0.2, 0) is 4.74 Å². The van der Waals surface area contributed by atoms with Gasteiger partial charge < -0.3 is 15.0 Å². The maximum Gasteiger partial charge on any atom is 0.407 e. The highest BCUT2D eigenvalue weighted by molar-refractivity contribution is 9.10. The number of alkyl carbamates (subject to hydrolysis) is 1. The Labute approximate surface area is 223 Å². The van der Waals surface area contributed by atoms with Crippen molar-refractivity contribution in [2.75, 3.05) is 33.2 Å². The number of piperidine rings is 2. The lowest BCUT2D eigenvalue weighted by Crippen LogP contribution is -2.56. The van der Waals surface area contributed by atoms with Gasteiger partial charge in [0.15, 0.2) is 0 Å². The number of carbonyl (C=O) groups excluding carboxylic acids is 2. The van der Waals surface area contributed by atoms with Crippen LogP contribution in [0.15, 0.2) is 46.9 Å². The summed E-state index contributed by atoms with van der Waals surface area (Å²) in [5.74, 6) is 0.434. The summed E-state index contributed by atoms with van der Waals surface area (Å²) < 4.78 is 6.85. The minimum atomic E-state index is -0.391. The number of likely N-dealkylation sites (tertiary alicyclic amines) is 2. The second-order valence-electron chi connectivity index (χ2n) is 10.5.